The summed E-state index contributed by atoms with van der Waals surface area (Å²) in [5.41, 5.74) is -1.42. The highest BCUT2D eigenvalue weighted by Gasteiger charge is 2.26. The molecule has 0 spiro atoms. The summed E-state index contributed by atoms with van der Waals surface area (Å²) < 4.78 is 0. The standard InChI is InChI=1S/C14H8Cl2N2O5/c15-9-5-4-7(6-10(9)16)17-13(19)8-2-1-3-11(18(22)23)12(8)14(20)21/h1-6H,(H,17,19)(H,20,21). The Labute approximate surface area is 139 Å². The van der Waals surface area contributed by atoms with Crippen molar-refractivity contribution >= 4 is 46.5 Å². The first-order valence-electron chi connectivity index (χ1n) is 6.08. The molecule has 0 bridgehead atoms. The number of nitrogens with one attached hydrogen (secondary N) is 1. The van der Waals surface area contributed by atoms with Crippen LogP contribution in [0, 0.1) is 10.1 Å². The van der Waals surface area contributed by atoms with Crippen LogP contribution < -0.4 is 5.32 Å². The van der Waals surface area contributed by atoms with Gasteiger partial charge >= 0.3 is 5.97 Å². The number of nitro groups is 1. The van der Waals surface area contributed by atoms with Crippen LogP contribution in [0.4, 0.5) is 11.4 Å². The normalized spacial score (nSPS) is 10.2. The van der Waals surface area contributed by atoms with Crippen molar-refractivity contribution < 1.29 is 19.6 Å². The summed E-state index contributed by atoms with van der Waals surface area (Å²) in [6, 6.07) is 7.71. The Balaban J connectivity index is 2.43. The van der Waals surface area contributed by atoms with Crippen LogP contribution in [0.5, 0.6) is 0 Å². The smallest absolute Gasteiger partial charge is 0.343 e. The maximum Gasteiger partial charge on any atom is 0.343 e. The van der Waals surface area contributed by atoms with Crippen LogP contribution in [0.25, 0.3) is 0 Å². The molecule has 0 aliphatic heterocycles. The number of carboxylic acids is 1. The zero-order valence-electron chi connectivity index (χ0n) is 11.2. The Morgan fingerprint density at radius 3 is 2.39 bits per heavy atom. The van der Waals surface area contributed by atoms with E-state index in [2.05, 4.69) is 5.32 Å². The van der Waals surface area contributed by atoms with E-state index in [0.717, 1.165) is 6.07 Å². The molecule has 0 saturated heterocycles. The Kier molecular flexibility index (Phi) is 4.83. The van der Waals surface area contributed by atoms with Crippen molar-refractivity contribution in [3.05, 3.63) is 67.7 Å². The second-order valence-electron chi connectivity index (χ2n) is 4.34. The van der Waals surface area contributed by atoms with Gasteiger partial charge < -0.3 is 10.4 Å². The van der Waals surface area contributed by atoms with Crippen molar-refractivity contribution in [3.8, 4) is 0 Å². The van der Waals surface area contributed by atoms with Gasteiger partial charge in [-0.15, -0.1) is 0 Å². The highest BCUT2D eigenvalue weighted by molar-refractivity contribution is 6.42. The van der Waals surface area contributed by atoms with Crippen molar-refractivity contribution in [1.82, 2.24) is 0 Å². The van der Waals surface area contributed by atoms with E-state index >= 15 is 0 Å². The van der Waals surface area contributed by atoms with Gasteiger partial charge in [0.2, 0.25) is 0 Å². The number of anilines is 1. The zero-order chi connectivity index (χ0) is 17.1. The molecule has 2 N–H and O–H groups in total. The molecule has 2 rings (SSSR count). The minimum absolute atomic E-state index is 0.196. The SMILES string of the molecule is O=C(Nc1ccc(Cl)c(Cl)c1)c1cccc([N+](=O)[O-])c1C(=O)O. The first-order chi connectivity index (χ1) is 10.8. The lowest BCUT2D eigenvalue weighted by Crippen LogP contribution is -2.17. The van der Waals surface area contributed by atoms with E-state index in [-0.39, 0.29) is 21.3 Å². The molecule has 0 aromatic heterocycles. The lowest BCUT2D eigenvalue weighted by molar-refractivity contribution is -0.385. The Hall–Kier alpha value is -2.64. The predicted octanol–water partition coefficient (Wildman–Crippen LogP) is 3.85. The van der Waals surface area contributed by atoms with Gasteiger partial charge in [0.1, 0.15) is 5.56 Å². The van der Waals surface area contributed by atoms with Gasteiger partial charge in [0.15, 0.2) is 0 Å². The highest BCUT2D eigenvalue weighted by Crippen LogP contribution is 2.27. The molecule has 0 aliphatic carbocycles. The molecule has 0 atom stereocenters. The number of benzene rings is 2. The van der Waals surface area contributed by atoms with Crippen LogP contribution in [0.1, 0.15) is 20.7 Å². The number of nitrogens with zero attached hydrogens (tertiary/aromatic N) is 1. The van der Waals surface area contributed by atoms with Crippen LogP contribution in [0.3, 0.4) is 0 Å². The number of nitro benzene ring substituents is 1. The molecule has 9 heteroatoms. The summed E-state index contributed by atoms with van der Waals surface area (Å²) >= 11 is 11.6. The van der Waals surface area contributed by atoms with Gasteiger partial charge in [0.25, 0.3) is 11.6 Å². The second-order valence-corrected chi connectivity index (χ2v) is 5.16. The first-order valence-corrected chi connectivity index (χ1v) is 6.84. The highest BCUT2D eigenvalue weighted by atomic mass is 35.5. The predicted molar refractivity (Wildman–Crippen MR) is 84.5 cm³/mol. The number of rotatable bonds is 4. The fraction of sp³-hybridized carbons (Fsp3) is 0. The Morgan fingerprint density at radius 1 is 1.13 bits per heavy atom. The summed E-state index contributed by atoms with van der Waals surface area (Å²) in [6.45, 7) is 0. The topological polar surface area (TPSA) is 110 Å². The quantitative estimate of drug-likeness (QED) is 0.639. The molecule has 0 unspecified atom stereocenters. The Morgan fingerprint density at radius 2 is 1.83 bits per heavy atom. The molecule has 2 aromatic carbocycles. The average Bonchev–Trinajstić information content (AvgIpc) is 2.50. The lowest BCUT2D eigenvalue weighted by atomic mass is 10.0. The second kappa shape index (κ2) is 6.64. The summed E-state index contributed by atoms with van der Waals surface area (Å²) in [7, 11) is 0. The summed E-state index contributed by atoms with van der Waals surface area (Å²) in [4.78, 5) is 33.6. The molecule has 0 fully saturated rings. The fourth-order valence-corrected chi connectivity index (χ4v) is 2.18. The number of carbonyl (C=O) groups is 2. The third-order valence-electron chi connectivity index (χ3n) is 2.88. The molecule has 0 heterocycles. The summed E-state index contributed by atoms with van der Waals surface area (Å²) in [5.74, 6) is -2.39. The molecule has 7 nitrogen and oxygen atoms in total. The van der Waals surface area contributed by atoms with Crippen molar-refractivity contribution in [3.63, 3.8) is 0 Å². The van der Waals surface area contributed by atoms with Crippen LogP contribution in [0.2, 0.25) is 10.0 Å². The maximum atomic E-state index is 12.2. The molecule has 2 aromatic rings. The summed E-state index contributed by atoms with van der Waals surface area (Å²) in [6.07, 6.45) is 0. The van der Waals surface area contributed by atoms with E-state index in [4.69, 9.17) is 28.3 Å². The van der Waals surface area contributed by atoms with Gasteiger partial charge in [-0.05, 0) is 24.3 Å². The van der Waals surface area contributed by atoms with Gasteiger partial charge in [0, 0.05) is 11.8 Å². The third-order valence-corrected chi connectivity index (χ3v) is 3.61. The van der Waals surface area contributed by atoms with E-state index in [1.165, 1.54) is 30.3 Å². The van der Waals surface area contributed by atoms with Crippen molar-refractivity contribution in [2.24, 2.45) is 0 Å². The lowest BCUT2D eigenvalue weighted by Gasteiger charge is -2.09. The average molecular weight is 355 g/mol. The van der Waals surface area contributed by atoms with Crippen LogP contribution >= 0.6 is 23.2 Å². The van der Waals surface area contributed by atoms with Crippen molar-refractivity contribution in [2.75, 3.05) is 5.32 Å². The number of hydrogen-bond donors (Lipinski definition) is 2. The van der Waals surface area contributed by atoms with Crippen LogP contribution in [0.15, 0.2) is 36.4 Å². The number of halogens is 2. The van der Waals surface area contributed by atoms with Gasteiger partial charge in [-0.25, -0.2) is 4.79 Å². The largest absolute Gasteiger partial charge is 0.477 e. The molecule has 1 amide bonds. The Bertz CT molecular complexity index is 823. The number of amides is 1. The third kappa shape index (κ3) is 3.58. The number of hydrogen-bond acceptors (Lipinski definition) is 4. The fourth-order valence-electron chi connectivity index (χ4n) is 1.88. The van der Waals surface area contributed by atoms with Gasteiger partial charge in [-0.2, -0.15) is 0 Å². The molecule has 118 valence electrons. The van der Waals surface area contributed by atoms with E-state index in [9.17, 15) is 19.7 Å². The maximum absolute atomic E-state index is 12.2. The van der Waals surface area contributed by atoms with E-state index in [0.29, 0.717) is 0 Å². The van der Waals surface area contributed by atoms with Crippen LogP contribution in [-0.2, 0) is 0 Å². The first kappa shape index (κ1) is 16.7. The molecule has 0 saturated carbocycles. The van der Waals surface area contributed by atoms with E-state index in [1.807, 2.05) is 0 Å². The number of aromatic carboxylic acids is 1. The molecule has 0 radical (unpaired) electrons. The minimum atomic E-state index is -1.57. The molecular formula is C14H8Cl2N2O5. The molecule has 0 aliphatic rings. The zero-order valence-corrected chi connectivity index (χ0v) is 12.8. The molecule has 23 heavy (non-hydrogen) atoms. The monoisotopic (exact) mass is 354 g/mol. The summed E-state index contributed by atoms with van der Waals surface area (Å²) in [5, 5.41) is 23.0. The minimum Gasteiger partial charge on any atom is -0.477 e. The number of carbonyl (C=O) groups excluding carboxylic acids is 1. The van der Waals surface area contributed by atoms with E-state index < -0.39 is 28.1 Å². The van der Waals surface area contributed by atoms with Gasteiger partial charge in [-0.3, -0.25) is 14.9 Å². The molecular weight excluding hydrogens is 347 g/mol. The number of carboxylic acid groups (broad SMARTS) is 1. The van der Waals surface area contributed by atoms with Crippen molar-refractivity contribution in [1.29, 1.82) is 0 Å². The van der Waals surface area contributed by atoms with Crippen LogP contribution in [-0.4, -0.2) is 21.9 Å². The van der Waals surface area contributed by atoms with E-state index in [1.54, 1.807) is 0 Å². The van der Waals surface area contributed by atoms with Gasteiger partial charge in [0.05, 0.1) is 20.5 Å². The van der Waals surface area contributed by atoms with Crippen molar-refractivity contribution in [2.45, 2.75) is 0 Å². The van der Waals surface area contributed by atoms with Gasteiger partial charge in [-0.1, -0.05) is 29.3 Å².